The molecule has 6 heteroatoms. The predicted octanol–water partition coefficient (Wildman–Crippen LogP) is 2.97. The highest BCUT2D eigenvalue weighted by atomic mass is 16.2. The second-order valence-electron chi connectivity index (χ2n) is 5.83. The van der Waals surface area contributed by atoms with Crippen LogP contribution in [0, 0.1) is 6.92 Å². The lowest BCUT2D eigenvalue weighted by Crippen LogP contribution is -2.23. The van der Waals surface area contributed by atoms with Gasteiger partial charge in [0.25, 0.3) is 11.8 Å². The smallest absolute Gasteiger partial charge is 0.257 e. The monoisotopic (exact) mass is 346 g/mol. The van der Waals surface area contributed by atoms with Crippen LogP contribution in [0.25, 0.3) is 0 Å². The van der Waals surface area contributed by atoms with E-state index < -0.39 is 0 Å². The molecule has 0 saturated carbocycles. The molecule has 2 heterocycles. The average Bonchev–Trinajstić information content (AvgIpc) is 2.69. The van der Waals surface area contributed by atoms with Crippen LogP contribution in [0.2, 0.25) is 0 Å². The molecule has 0 radical (unpaired) electrons. The van der Waals surface area contributed by atoms with Gasteiger partial charge in [-0.05, 0) is 36.8 Å². The third-order valence-corrected chi connectivity index (χ3v) is 3.75. The van der Waals surface area contributed by atoms with Crippen LogP contribution in [0.4, 0.5) is 5.69 Å². The number of nitrogens with one attached hydrogen (secondary N) is 2. The molecule has 0 atom stereocenters. The molecule has 0 aliphatic heterocycles. The average molecular weight is 346 g/mol. The minimum atomic E-state index is -0.316. The first kappa shape index (κ1) is 17.3. The number of benzene rings is 1. The van der Waals surface area contributed by atoms with Gasteiger partial charge >= 0.3 is 0 Å². The molecule has 0 unspecified atom stereocenters. The van der Waals surface area contributed by atoms with E-state index in [1.165, 1.54) is 18.5 Å². The van der Waals surface area contributed by atoms with Crippen molar-refractivity contribution in [3.63, 3.8) is 0 Å². The number of carbonyl (C=O) groups is 2. The Balaban J connectivity index is 1.66. The van der Waals surface area contributed by atoms with Gasteiger partial charge < -0.3 is 10.6 Å². The molecule has 2 N–H and O–H groups in total. The summed E-state index contributed by atoms with van der Waals surface area (Å²) in [5.41, 5.74) is 3.33. The Morgan fingerprint density at radius 1 is 0.923 bits per heavy atom. The lowest BCUT2D eigenvalue weighted by molar-refractivity contribution is 0.0950. The van der Waals surface area contributed by atoms with E-state index >= 15 is 0 Å². The maximum atomic E-state index is 12.4. The molecular weight excluding hydrogens is 328 g/mol. The van der Waals surface area contributed by atoms with Crippen LogP contribution < -0.4 is 10.6 Å². The van der Waals surface area contributed by atoms with Crippen molar-refractivity contribution in [1.29, 1.82) is 0 Å². The molecule has 130 valence electrons. The molecule has 1 aromatic carbocycles. The number of aryl methyl sites for hydroxylation is 1. The highest BCUT2D eigenvalue weighted by molar-refractivity contribution is 6.05. The summed E-state index contributed by atoms with van der Waals surface area (Å²) in [6.45, 7) is 2.33. The Bertz CT molecular complexity index is 909. The first-order chi connectivity index (χ1) is 12.6. The van der Waals surface area contributed by atoms with Crippen LogP contribution in [0.3, 0.4) is 0 Å². The fourth-order valence-electron chi connectivity index (χ4n) is 2.32. The summed E-state index contributed by atoms with van der Waals surface area (Å²) in [4.78, 5) is 32.7. The fourth-order valence-corrected chi connectivity index (χ4v) is 2.32. The zero-order valence-corrected chi connectivity index (χ0v) is 14.3. The van der Waals surface area contributed by atoms with Gasteiger partial charge in [0.15, 0.2) is 0 Å². The number of hydrogen-bond acceptors (Lipinski definition) is 4. The summed E-state index contributed by atoms with van der Waals surface area (Å²) in [6, 6.07) is 12.7. The summed E-state index contributed by atoms with van der Waals surface area (Å²) >= 11 is 0. The lowest BCUT2D eigenvalue weighted by atomic mass is 10.1. The van der Waals surface area contributed by atoms with Crippen molar-refractivity contribution in [3.8, 4) is 0 Å². The molecule has 26 heavy (non-hydrogen) atoms. The molecule has 6 nitrogen and oxygen atoms in total. The van der Waals surface area contributed by atoms with E-state index in [4.69, 9.17) is 0 Å². The molecule has 0 aliphatic rings. The Morgan fingerprint density at radius 3 is 2.35 bits per heavy atom. The van der Waals surface area contributed by atoms with Gasteiger partial charge in [-0.15, -0.1) is 0 Å². The third-order valence-electron chi connectivity index (χ3n) is 3.75. The summed E-state index contributed by atoms with van der Waals surface area (Å²) in [5, 5.41) is 5.58. The molecule has 0 aliphatic carbocycles. The Kier molecular flexibility index (Phi) is 5.34. The number of hydrogen-bond donors (Lipinski definition) is 2. The Morgan fingerprint density at radius 2 is 1.65 bits per heavy atom. The number of nitrogens with zero attached hydrogens (tertiary/aromatic N) is 2. The van der Waals surface area contributed by atoms with Gasteiger partial charge in [0.2, 0.25) is 0 Å². The molecular formula is C20H18N4O2. The van der Waals surface area contributed by atoms with Gasteiger partial charge in [-0.3, -0.25) is 19.6 Å². The van der Waals surface area contributed by atoms with E-state index in [1.807, 2.05) is 37.3 Å². The van der Waals surface area contributed by atoms with Crippen molar-refractivity contribution in [2.45, 2.75) is 13.5 Å². The number of rotatable bonds is 5. The number of pyridine rings is 2. The highest BCUT2D eigenvalue weighted by Gasteiger charge is 2.11. The van der Waals surface area contributed by atoms with E-state index in [0.717, 1.165) is 11.1 Å². The van der Waals surface area contributed by atoms with Gasteiger partial charge in [-0.25, -0.2) is 0 Å². The van der Waals surface area contributed by atoms with E-state index in [1.54, 1.807) is 18.5 Å². The number of amides is 2. The van der Waals surface area contributed by atoms with E-state index in [2.05, 4.69) is 20.6 Å². The summed E-state index contributed by atoms with van der Waals surface area (Å²) in [6.07, 6.45) is 6.22. The second-order valence-corrected chi connectivity index (χ2v) is 5.83. The third kappa shape index (κ3) is 4.51. The normalized spacial score (nSPS) is 10.2. The van der Waals surface area contributed by atoms with Crippen LogP contribution in [0.15, 0.2) is 67.3 Å². The van der Waals surface area contributed by atoms with E-state index in [-0.39, 0.29) is 11.8 Å². The van der Waals surface area contributed by atoms with Gasteiger partial charge in [-0.2, -0.15) is 0 Å². The predicted molar refractivity (Wildman–Crippen MR) is 98.8 cm³/mol. The molecule has 0 fully saturated rings. The topological polar surface area (TPSA) is 84.0 Å². The molecule has 0 bridgehead atoms. The van der Waals surface area contributed by atoms with Crippen LogP contribution in [-0.2, 0) is 6.54 Å². The van der Waals surface area contributed by atoms with Gasteiger partial charge in [-0.1, -0.05) is 23.8 Å². The lowest BCUT2D eigenvalue weighted by Gasteiger charge is -2.08. The quantitative estimate of drug-likeness (QED) is 0.744. The van der Waals surface area contributed by atoms with Crippen molar-refractivity contribution >= 4 is 17.5 Å². The van der Waals surface area contributed by atoms with Gasteiger partial charge in [0.1, 0.15) is 0 Å². The van der Waals surface area contributed by atoms with E-state index in [9.17, 15) is 9.59 Å². The standard InChI is InChI=1S/C20H18N4O2/c1-14-4-6-18(7-5-14)24-20(26)17-9-16(12-22-13-17)19(25)23-11-15-3-2-8-21-10-15/h2-10,12-13H,11H2,1H3,(H,23,25)(H,24,26). The van der Waals surface area contributed by atoms with Crippen LogP contribution in [-0.4, -0.2) is 21.8 Å². The highest BCUT2D eigenvalue weighted by Crippen LogP contribution is 2.11. The van der Waals surface area contributed by atoms with Crippen LogP contribution in [0.5, 0.6) is 0 Å². The zero-order valence-electron chi connectivity index (χ0n) is 14.3. The maximum Gasteiger partial charge on any atom is 0.257 e. The summed E-state index contributed by atoms with van der Waals surface area (Å²) in [5.74, 6) is -0.616. The zero-order chi connectivity index (χ0) is 18.4. The van der Waals surface area contributed by atoms with E-state index in [0.29, 0.717) is 23.4 Å². The van der Waals surface area contributed by atoms with Crippen molar-refractivity contribution in [2.75, 3.05) is 5.32 Å². The maximum absolute atomic E-state index is 12.4. The van der Waals surface area contributed by atoms with Gasteiger partial charge in [0, 0.05) is 37.0 Å². The van der Waals surface area contributed by atoms with Gasteiger partial charge in [0.05, 0.1) is 11.1 Å². The Labute approximate surface area is 151 Å². The molecule has 2 amide bonds. The van der Waals surface area contributed by atoms with Crippen molar-refractivity contribution in [2.24, 2.45) is 0 Å². The molecule has 0 saturated heterocycles. The molecule has 3 aromatic rings. The van der Waals surface area contributed by atoms with Crippen molar-refractivity contribution in [3.05, 3.63) is 89.5 Å². The molecule has 3 rings (SSSR count). The first-order valence-corrected chi connectivity index (χ1v) is 8.12. The summed E-state index contributed by atoms with van der Waals surface area (Å²) in [7, 11) is 0. The van der Waals surface area contributed by atoms with Crippen molar-refractivity contribution in [1.82, 2.24) is 15.3 Å². The minimum Gasteiger partial charge on any atom is -0.348 e. The summed E-state index contributed by atoms with van der Waals surface area (Å²) < 4.78 is 0. The SMILES string of the molecule is Cc1ccc(NC(=O)c2cncc(C(=O)NCc3cccnc3)c2)cc1. The Hall–Kier alpha value is -3.54. The first-order valence-electron chi connectivity index (χ1n) is 8.12. The number of anilines is 1. The largest absolute Gasteiger partial charge is 0.348 e. The molecule has 2 aromatic heterocycles. The van der Waals surface area contributed by atoms with Crippen LogP contribution >= 0.6 is 0 Å². The molecule has 0 spiro atoms. The minimum absolute atomic E-state index is 0.300. The van der Waals surface area contributed by atoms with Crippen LogP contribution in [0.1, 0.15) is 31.8 Å². The fraction of sp³-hybridized carbons (Fsp3) is 0.100. The second kappa shape index (κ2) is 8.02. The number of aromatic nitrogens is 2. The van der Waals surface area contributed by atoms with Crippen molar-refractivity contribution < 1.29 is 9.59 Å². The number of carbonyl (C=O) groups excluding carboxylic acids is 2.